The van der Waals surface area contributed by atoms with E-state index in [1.807, 2.05) is 25.1 Å². The molecule has 0 atom stereocenters. The van der Waals surface area contributed by atoms with Crippen LogP contribution in [0.25, 0.3) is 6.08 Å². The van der Waals surface area contributed by atoms with Crippen LogP contribution < -0.4 is 0 Å². The summed E-state index contributed by atoms with van der Waals surface area (Å²) >= 11 is 0. The lowest BCUT2D eigenvalue weighted by molar-refractivity contribution is 0.386. The van der Waals surface area contributed by atoms with Crippen molar-refractivity contribution in [3.05, 3.63) is 41.2 Å². The zero-order valence-corrected chi connectivity index (χ0v) is 8.11. The van der Waals surface area contributed by atoms with Crippen LogP contribution in [0.4, 0.5) is 0 Å². The van der Waals surface area contributed by atoms with Crippen LogP contribution in [0.1, 0.15) is 11.1 Å². The first-order valence-corrected chi connectivity index (χ1v) is 5.47. The van der Waals surface area contributed by atoms with Gasteiger partial charge >= 0.3 is 7.60 Å². The van der Waals surface area contributed by atoms with Gasteiger partial charge in [0.05, 0.1) is 0 Å². The van der Waals surface area contributed by atoms with Gasteiger partial charge in [-0.2, -0.15) is 0 Å². The number of benzene rings is 1. The van der Waals surface area contributed by atoms with Crippen molar-refractivity contribution >= 4 is 13.7 Å². The molecule has 0 aliphatic heterocycles. The molecule has 0 unspecified atom stereocenters. The lowest BCUT2D eigenvalue weighted by Crippen LogP contribution is -1.75. The predicted octanol–water partition coefficient (Wildman–Crippen LogP) is 2.14. The molecule has 0 aliphatic rings. The number of hydrogen-bond donors (Lipinski definition) is 2. The average Bonchev–Trinajstić information content (AvgIpc) is 2.00. The molecule has 0 aliphatic carbocycles. The molecule has 1 rings (SSSR count). The van der Waals surface area contributed by atoms with Crippen LogP contribution in [-0.4, -0.2) is 9.79 Å². The normalized spacial score (nSPS) is 12.2. The first-order valence-electron chi connectivity index (χ1n) is 3.78. The Morgan fingerprint density at radius 1 is 1.38 bits per heavy atom. The first-order chi connectivity index (χ1) is 5.97. The molecule has 0 saturated heterocycles. The van der Waals surface area contributed by atoms with E-state index >= 15 is 0 Å². The quantitative estimate of drug-likeness (QED) is 0.716. The van der Waals surface area contributed by atoms with Crippen molar-refractivity contribution in [1.29, 1.82) is 0 Å². The van der Waals surface area contributed by atoms with E-state index < -0.39 is 7.60 Å². The fourth-order valence-electron chi connectivity index (χ4n) is 0.957. The summed E-state index contributed by atoms with van der Waals surface area (Å²) in [6.45, 7) is 1.93. The van der Waals surface area contributed by atoms with Gasteiger partial charge in [0, 0.05) is 5.82 Å². The lowest BCUT2D eigenvalue weighted by atomic mass is 10.1. The van der Waals surface area contributed by atoms with Crippen molar-refractivity contribution < 1.29 is 14.4 Å². The van der Waals surface area contributed by atoms with E-state index in [0.29, 0.717) is 0 Å². The Kier molecular flexibility index (Phi) is 3.04. The van der Waals surface area contributed by atoms with E-state index in [1.165, 1.54) is 6.08 Å². The zero-order valence-electron chi connectivity index (χ0n) is 7.21. The number of aryl methyl sites for hydroxylation is 1. The summed E-state index contributed by atoms with van der Waals surface area (Å²) in [5, 5.41) is 0. The van der Waals surface area contributed by atoms with Crippen molar-refractivity contribution in [2.45, 2.75) is 6.92 Å². The third kappa shape index (κ3) is 4.04. The van der Waals surface area contributed by atoms with Gasteiger partial charge in [-0.1, -0.05) is 29.8 Å². The highest BCUT2D eigenvalue weighted by Gasteiger charge is 2.04. The average molecular weight is 198 g/mol. The summed E-state index contributed by atoms with van der Waals surface area (Å²) in [6.07, 6.45) is 1.42. The van der Waals surface area contributed by atoms with Crippen molar-refractivity contribution in [2.24, 2.45) is 0 Å². The predicted molar refractivity (Wildman–Crippen MR) is 52.3 cm³/mol. The maximum Gasteiger partial charge on any atom is 0.349 e. The molecule has 0 amide bonds. The Bertz CT molecular complexity index is 365. The van der Waals surface area contributed by atoms with Gasteiger partial charge in [-0.15, -0.1) is 0 Å². The van der Waals surface area contributed by atoms with E-state index in [2.05, 4.69) is 0 Å². The standard InChI is InChI=1S/C9H11O3P/c1-8-3-2-4-9(7-8)5-6-13(10,11)12/h2-7H,1H3,(H2,10,11,12). The summed E-state index contributed by atoms with van der Waals surface area (Å²) in [7, 11) is -4.03. The minimum absolute atomic E-state index is 0.795. The van der Waals surface area contributed by atoms with Crippen molar-refractivity contribution in [1.82, 2.24) is 0 Å². The second-order valence-corrected chi connectivity index (χ2v) is 4.30. The van der Waals surface area contributed by atoms with E-state index in [1.54, 1.807) is 6.07 Å². The van der Waals surface area contributed by atoms with Gasteiger partial charge in [0.15, 0.2) is 0 Å². The largest absolute Gasteiger partial charge is 0.349 e. The van der Waals surface area contributed by atoms with E-state index in [0.717, 1.165) is 16.9 Å². The molecule has 1 aromatic rings. The second kappa shape index (κ2) is 3.88. The van der Waals surface area contributed by atoms with E-state index in [9.17, 15) is 4.57 Å². The minimum Gasteiger partial charge on any atom is -0.321 e. The van der Waals surface area contributed by atoms with Crippen LogP contribution in [0.5, 0.6) is 0 Å². The molecule has 70 valence electrons. The molecule has 4 heteroatoms. The lowest BCUT2D eigenvalue weighted by Gasteiger charge is -1.96. The molecule has 1 aromatic carbocycles. The molecule has 0 bridgehead atoms. The van der Waals surface area contributed by atoms with Gasteiger partial charge in [0.25, 0.3) is 0 Å². The molecule has 0 aromatic heterocycles. The smallest absolute Gasteiger partial charge is 0.321 e. The SMILES string of the molecule is Cc1cccc(C=CP(=O)(O)O)c1. The summed E-state index contributed by atoms with van der Waals surface area (Å²) in [4.78, 5) is 17.1. The molecule has 0 heterocycles. The molecule has 0 radical (unpaired) electrons. The fraction of sp³-hybridized carbons (Fsp3) is 0.111. The molecule has 0 fully saturated rings. The molecular formula is C9H11O3P. The minimum atomic E-state index is -4.03. The Labute approximate surface area is 76.9 Å². The molecule has 2 N–H and O–H groups in total. The third-order valence-corrected chi connectivity index (χ3v) is 2.04. The summed E-state index contributed by atoms with van der Waals surface area (Å²) < 4.78 is 10.5. The Balaban J connectivity index is 2.87. The zero-order chi connectivity index (χ0) is 9.90. The topological polar surface area (TPSA) is 57.5 Å². The monoisotopic (exact) mass is 198 g/mol. The Hall–Kier alpha value is -0.890. The highest BCUT2D eigenvalue weighted by atomic mass is 31.2. The van der Waals surface area contributed by atoms with Gasteiger partial charge in [-0.05, 0) is 18.6 Å². The van der Waals surface area contributed by atoms with Crippen LogP contribution in [0.15, 0.2) is 30.1 Å². The molecule has 13 heavy (non-hydrogen) atoms. The second-order valence-electron chi connectivity index (χ2n) is 2.82. The van der Waals surface area contributed by atoms with Gasteiger partial charge < -0.3 is 9.79 Å². The van der Waals surface area contributed by atoms with Gasteiger partial charge in [-0.25, -0.2) is 0 Å². The fourth-order valence-corrected chi connectivity index (χ4v) is 1.32. The van der Waals surface area contributed by atoms with Gasteiger partial charge in [0.2, 0.25) is 0 Å². The highest BCUT2D eigenvalue weighted by Crippen LogP contribution is 2.36. The summed E-state index contributed by atoms with van der Waals surface area (Å²) in [5.41, 5.74) is 1.86. The maximum absolute atomic E-state index is 10.5. The van der Waals surface area contributed by atoms with Crippen LogP contribution in [0, 0.1) is 6.92 Å². The third-order valence-electron chi connectivity index (χ3n) is 1.50. The van der Waals surface area contributed by atoms with E-state index in [4.69, 9.17) is 9.79 Å². The van der Waals surface area contributed by atoms with Crippen LogP contribution in [-0.2, 0) is 4.57 Å². The molecule has 3 nitrogen and oxygen atoms in total. The van der Waals surface area contributed by atoms with Crippen LogP contribution in [0.2, 0.25) is 0 Å². The molecule has 0 saturated carbocycles. The Morgan fingerprint density at radius 3 is 2.62 bits per heavy atom. The van der Waals surface area contributed by atoms with Crippen molar-refractivity contribution in [3.63, 3.8) is 0 Å². The number of rotatable bonds is 2. The van der Waals surface area contributed by atoms with E-state index in [-0.39, 0.29) is 0 Å². The molecule has 0 spiro atoms. The van der Waals surface area contributed by atoms with Gasteiger partial charge in [-0.3, -0.25) is 4.57 Å². The number of hydrogen-bond acceptors (Lipinski definition) is 1. The van der Waals surface area contributed by atoms with Crippen LogP contribution >= 0.6 is 7.60 Å². The van der Waals surface area contributed by atoms with Gasteiger partial charge in [0.1, 0.15) is 0 Å². The highest BCUT2D eigenvalue weighted by molar-refractivity contribution is 7.55. The van der Waals surface area contributed by atoms with Crippen molar-refractivity contribution in [2.75, 3.05) is 0 Å². The van der Waals surface area contributed by atoms with Crippen molar-refractivity contribution in [3.8, 4) is 0 Å². The van der Waals surface area contributed by atoms with Crippen LogP contribution in [0.3, 0.4) is 0 Å². The Morgan fingerprint density at radius 2 is 2.08 bits per heavy atom. The molecular weight excluding hydrogens is 187 g/mol. The summed E-state index contributed by atoms with van der Waals surface area (Å²) in [5.74, 6) is 0.905. The first kappa shape index (κ1) is 10.2. The summed E-state index contributed by atoms with van der Waals surface area (Å²) in [6, 6.07) is 7.41. The maximum atomic E-state index is 10.5.